The second kappa shape index (κ2) is 4.99. The van der Waals surface area contributed by atoms with Crippen LogP contribution in [0.1, 0.15) is 26.3 Å². The summed E-state index contributed by atoms with van der Waals surface area (Å²) < 4.78 is 5.87. The molecule has 0 saturated carbocycles. The smallest absolute Gasteiger partial charge is 0.149 e. The Balaban J connectivity index is 2.39. The molecule has 2 nitrogen and oxygen atoms in total. The molecular weight excluding hydrogens is 246 g/mol. The SMILES string of the molecule is CC(C)(C)c1cc(Cl)ncc1Oc1ccccc1. The first-order chi connectivity index (χ1) is 8.47. The van der Waals surface area contributed by atoms with Gasteiger partial charge in [-0.1, -0.05) is 50.6 Å². The Labute approximate surface area is 113 Å². The molecule has 1 heterocycles. The Hall–Kier alpha value is -1.54. The van der Waals surface area contributed by atoms with Gasteiger partial charge in [-0.05, 0) is 23.6 Å². The Morgan fingerprint density at radius 3 is 2.39 bits per heavy atom. The Morgan fingerprint density at radius 2 is 1.78 bits per heavy atom. The van der Waals surface area contributed by atoms with Gasteiger partial charge in [-0.15, -0.1) is 0 Å². The minimum atomic E-state index is -0.0449. The monoisotopic (exact) mass is 261 g/mol. The van der Waals surface area contributed by atoms with Crippen LogP contribution < -0.4 is 4.74 Å². The van der Waals surface area contributed by atoms with Crippen molar-refractivity contribution in [2.24, 2.45) is 0 Å². The molecular formula is C15H16ClNO. The van der Waals surface area contributed by atoms with E-state index in [4.69, 9.17) is 16.3 Å². The van der Waals surface area contributed by atoms with Gasteiger partial charge in [0.15, 0.2) is 0 Å². The number of ether oxygens (including phenoxy) is 1. The molecule has 0 aliphatic heterocycles. The highest BCUT2D eigenvalue weighted by molar-refractivity contribution is 6.29. The summed E-state index contributed by atoms with van der Waals surface area (Å²) in [7, 11) is 0. The average molecular weight is 262 g/mol. The van der Waals surface area contributed by atoms with E-state index in [1.165, 1.54) is 0 Å². The third-order valence-corrected chi connectivity index (χ3v) is 2.82. The Bertz CT molecular complexity index is 532. The van der Waals surface area contributed by atoms with Gasteiger partial charge in [0, 0.05) is 5.56 Å². The van der Waals surface area contributed by atoms with Crippen LogP contribution in [0.4, 0.5) is 0 Å². The van der Waals surface area contributed by atoms with Gasteiger partial charge in [0.1, 0.15) is 16.7 Å². The predicted molar refractivity (Wildman–Crippen MR) is 74.5 cm³/mol. The maximum Gasteiger partial charge on any atom is 0.149 e. The van der Waals surface area contributed by atoms with Gasteiger partial charge in [-0.25, -0.2) is 4.98 Å². The fourth-order valence-electron chi connectivity index (χ4n) is 1.70. The van der Waals surface area contributed by atoms with Crippen LogP contribution in [0.5, 0.6) is 11.5 Å². The number of nitrogens with zero attached hydrogens (tertiary/aromatic N) is 1. The maximum absolute atomic E-state index is 5.96. The summed E-state index contributed by atoms with van der Waals surface area (Å²) in [4.78, 5) is 4.09. The molecule has 18 heavy (non-hydrogen) atoms. The fraction of sp³-hybridized carbons (Fsp3) is 0.267. The zero-order valence-corrected chi connectivity index (χ0v) is 11.5. The minimum Gasteiger partial charge on any atom is -0.455 e. The van der Waals surface area contributed by atoms with Crippen LogP contribution in [0.2, 0.25) is 5.15 Å². The Morgan fingerprint density at radius 1 is 1.11 bits per heavy atom. The van der Waals surface area contributed by atoms with Crippen LogP contribution in [0, 0.1) is 0 Å². The van der Waals surface area contributed by atoms with Gasteiger partial charge in [0.2, 0.25) is 0 Å². The van der Waals surface area contributed by atoms with Crippen molar-refractivity contribution in [3.8, 4) is 11.5 Å². The summed E-state index contributed by atoms with van der Waals surface area (Å²) in [5.74, 6) is 1.55. The van der Waals surface area contributed by atoms with Crippen LogP contribution in [0.3, 0.4) is 0 Å². The lowest BCUT2D eigenvalue weighted by Crippen LogP contribution is -2.13. The lowest BCUT2D eigenvalue weighted by Gasteiger charge is -2.22. The van der Waals surface area contributed by atoms with E-state index in [9.17, 15) is 0 Å². The van der Waals surface area contributed by atoms with Crippen molar-refractivity contribution in [1.29, 1.82) is 0 Å². The number of pyridine rings is 1. The third kappa shape index (κ3) is 3.02. The zero-order valence-electron chi connectivity index (χ0n) is 10.8. The largest absolute Gasteiger partial charge is 0.455 e. The number of benzene rings is 1. The normalized spacial score (nSPS) is 11.3. The summed E-state index contributed by atoms with van der Waals surface area (Å²) in [5, 5.41) is 0.486. The van der Waals surface area contributed by atoms with E-state index in [0.717, 1.165) is 17.1 Å². The summed E-state index contributed by atoms with van der Waals surface area (Å²) in [6.07, 6.45) is 1.68. The summed E-state index contributed by atoms with van der Waals surface area (Å²) in [6.45, 7) is 6.36. The van der Waals surface area contributed by atoms with E-state index in [1.807, 2.05) is 36.4 Å². The molecule has 0 unspecified atom stereocenters. The predicted octanol–water partition coefficient (Wildman–Crippen LogP) is 4.82. The lowest BCUT2D eigenvalue weighted by atomic mass is 9.87. The molecule has 1 aromatic carbocycles. The number of aromatic nitrogens is 1. The van der Waals surface area contributed by atoms with Crippen LogP contribution in [-0.2, 0) is 5.41 Å². The van der Waals surface area contributed by atoms with Crippen molar-refractivity contribution in [1.82, 2.24) is 4.98 Å². The van der Waals surface area contributed by atoms with Crippen LogP contribution in [-0.4, -0.2) is 4.98 Å². The van der Waals surface area contributed by atoms with Crippen molar-refractivity contribution in [3.63, 3.8) is 0 Å². The molecule has 2 rings (SSSR count). The van der Waals surface area contributed by atoms with E-state index in [-0.39, 0.29) is 5.41 Å². The van der Waals surface area contributed by atoms with Crippen molar-refractivity contribution in [2.75, 3.05) is 0 Å². The zero-order chi connectivity index (χ0) is 13.2. The topological polar surface area (TPSA) is 22.1 Å². The summed E-state index contributed by atoms with van der Waals surface area (Å²) >= 11 is 5.96. The average Bonchev–Trinajstić information content (AvgIpc) is 2.31. The second-order valence-corrected chi connectivity index (χ2v) is 5.56. The first kappa shape index (κ1) is 12.9. The molecule has 0 aliphatic carbocycles. The highest BCUT2D eigenvalue weighted by Crippen LogP contribution is 2.34. The molecule has 0 spiro atoms. The van der Waals surface area contributed by atoms with Crippen molar-refractivity contribution in [3.05, 3.63) is 53.3 Å². The quantitative estimate of drug-likeness (QED) is 0.723. The van der Waals surface area contributed by atoms with Gasteiger partial charge >= 0.3 is 0 Å². The molecule has 0 saturated heterocycles. The van der Waals surface area contributed by atoms with E-state index in [0.29, 0.717) is 5.15 Å². The summed E-state index contributed by atoms with van der Waals surface area (Å²) in [6, 6.07) is 11.5. The Kier molecular flexibility index (Phi) is 3.58. The van der Waals surface area contributed by atoms with Crippen LogP contribution >= 0.6 is 11.6 Å². The molecule has 0 amide bonds. The molecule has 1 aromatic heterocycles. The molecule has 2 aromatic rings. The van der Waals surface area contributed by atoms with Gasteiger partial charge < -0.3 is 4.74 Å². The lowest BCUT2D eigenvalue weighted by molar-refractivity contribution is 0.453. The van der Waals surface area contributed by atoms with Gasteiger partial charge in [0.25, 0.3) is 0 Å². The molecule has 0 bridgehead atoms. The highest BCUT2D eigenvalue weighted by Gasteiger charge is 2.20. The second-order valence-electron chi connectivity index (χ2n) is 5.17. The molecule has 3 heteroatoms. The maximum atomic E-state index is 5.96. The minimum absolute atomic E-state index is 0.0449. The number of hydrogen-bond donors (Lipinski definition) is 0. The molecule has 0 aliphatic rings. The molecule has 0 radical (unpaired) electrons. The fourth-order valence-corrected chi connectivity index (χ4v) is 1.86. The van der Waals surface area contributed by atoms with Crippen molar-refractivity contribution >= 4 is 11.6 Å². The van der Waals surface area contributed by atoms with Crippen LogP contribution in [0.15, 0.2) is 42.6 Å². The number of rotatable bonds is 2. The van der Waals surface area contributed by atoms with Gasteiger partial charge in [0.05, 0.1) is 6.20 Å². The van der Waals surface area contributed by atoms with Crippen LogP contribution in [0.25, 0.3) is 0 Å². The van der Waals surface area contributed by atoms with Crippen molar-refractivity contribution in [2.45, 2.75) is 26.2 Å². The van der Waals surface area contributed by atoms with Gasteiger partial charge in [-0.2, -0.15) is 0 Å². The number of halogens is 1. The number of para-hydroxylation sites is 1. The summed E-state index contributed by atoms with van der Waals surface area (Å²) in [5.41, 5.74) is 1.00. The number of hydrogen-bond acceptors (Lipinski definition) is 2. The van der Waals surface area contributed by atoms with E-state index in [1.54, 1.807) is 6.20 Å². The standard InChI is InChI=1S/C15H16ClNO/c1-15(2,3)12-9-14(16)17-10-13(12)18-11-7-5-4-6-8-11/h4-10H,1-3H3. The molecule has 94 valence electrons. The molecule has 0 atom stereocenters. The third-order valence-electron chi connectivity index (χ3n) is 2.61. The highest BCUT2D eigenvalue weighted by atomic mass is 35.5. The molecule has 0 fully saturated rings. The van der Waals surface area contributed by atoms with E-state index in [2.05, 4.69) is 25.8 Å². The van der Waals surface area contributed by atoms with E-state index < -0.39 is 0 Å². The first-order valence-corrected chi connectivity index (χ1v) is 6.23. The van der Waals surface area contributed by atoms with Crippen molar-refractivity contribution < 1.29 is 4.74 Å². The van der Waals surface area contributed by atoms with E-state index >= 15 is 0 Å². The molecule has 0 N–H and O–H groups in total. The first-order valence-electron chi connectivity index (χ1n) is 5.86. The van der Waals surface area contributed by atoms with Gasteiger partial charge in [-0.3, -0.25) is 0 Å².